The molecule has 0 aliphatic heterocycles. The highest BCUT2D eigenvalue weighted by Gasteiger charge is 2.07. The summed E-state index contributed by atoms with van der Waals surface area (Å²) in [5.74, 6) is 0.434. The highest BCUT2D eigenvalue weighted by Crippen LogP contribution is 2.31. The Hall–Kier alpha value is -1.40. The molecule has 0 aliphatic rings. The molecule has 0 unspecified atom stereocenters. The van der Waals surface area contributed by atoms with E-state index >= 15 is 0 Å². The molecule has 0 spiro atoms. The standard InChI is InChI=1S/C9H8ClNO2/c1-13-9-5-8(12)6(2-3-11)4-7(9)10/h4-5,12H,2H2,1H3. The molecule has 0 saturated heterocycles. The van der Waals surface area contributed by atoms with Gasteiger partial charge in [0, 0.05) is 11.6 Å². The zero-order valence-electron chi connectivity index (χ0n) is 7.04. The Balaban J connectivity index is 3.14. The Morgan fingerprint density at radius 3 is 2.85 bits per heavy atom. The van der Waals surface area contributed by atoms with Crippen molar-refractivity contribution in [2.24, 2.45) is 0 Å². The molecule has 0 bridgehead atoms. The van der Waals surface area contributed by atoms with Gasteiger partial charge in [0.1, 0.15) is 11.5 Å². The Morgan fingerprint density at radius 1 is 1.62 bits per heavy atom. The van der Waals surface area contributed by atoms with Crippen LogP contribution in [-0.2, 0) is 6.42 Å². The van der Waals surface area contributed by atoms with E-state index in [9.17, 15) is 5.11 Å². The van der Waals surface area contributed by atoms with Crippen LogP contribution in [0.1, 0.15) is 5.56 Å². The topological polar surface area (TPSA) is 53.2 Å². The molecule has 0 amide bonds. The van der Waals surface area contributed by atoms with E-state index in [1.54, 1.807) is 0 Å². The second-order valence-electron chi connectivity index (χ2n) is 2.45. The summed E-state index contributed by atoms with van der Waals surface area (Å²) in [7, 11) is 1.46. The first-order chi connectivity index (χ1) is 6.19. The van der Waals surface area contributed by atoms with Crippen LogP contribution in [0, 0.1) is 11.3 Å². The SMILES string of the molecule is COc1cc(O)c(CC#N)cc1Cl. The predicted octanol–water partition coefficient (Wildman–Crippen LogP) is 2.12. The molecule has 0 saturated carbocycles. The van der Waals surface area contributed by atoms with Gasteiger partial charge >= 0.3 is 0 Å². The number of benzene rings is 1. The number of ether oxygens (including phenoxy) is 1. The Kier molecular flexibility index (Phi) is 2.99. The summed E-state index contributed by atoms with van der Waals surface area (Å²) in [4.78, 5) is 0. The van der Waals surface area contributed by atoms with E-state index in [1.165, 1.54) is 19.2 Å². The van der Waals surface area contributed by atoms with Crippen LogP contribution in [0.25, 0.3) is 0 Å². The van der Waals surface area contributed by atoms with Gasteiger partial charge in [0.2, 0.25) is 0 Å². The van der Waals surface area contributed by atoms with E-state index < -0.39 is 0 Å². The van der Waals surface area contributed by atoms with E-state index in [2.05, 4.69) is 0 Å². The third-order valence-corrected chi connectivity index (χ3v) is 1.92. The number of nitriles is 1. The van der Waals surface area contributed by atoms with Crippen LogP contribution in [0.5, 0.6) is 11.5 Å². The van der Waals surface area contributed by atoms with Gasteiger partial charge in [0.25, 0.3) is 0 Å². The largest absolute Gasteiger partial charge is 0.507 e. The van der Waals surface area contributed by atoms with Crippen molar-refractivity contribution in [3.8, 4) is 17.6 Å². The van der Waals surface area contributed by atoms with Gasteiger partial charge in [-0.05, 0) is 6.07 Å². The van der Waals surface area contributed by atoms with Crippen molar-refractivity contribution in [2.45, 2.75) is 6.42 Å². The molecule has 68 valence electrons. The van der Waals surface area contributed by atoms with Gasteiger partial charge in [0.05, 0.1) is 24.6 Å². The molecular formula is C9H8ClNO2. The minimum Gasteiger partial charge on any atom is -0.507 e. The minimum absolute atomic E-state index is 0.0304. The fourth-order valence-electron chi connectivity index (χ4n) is 0.967. The van der Waals surface area contributed by atoms with Crippen molar-refractivity contribution in [3.05, 3.63) is 22.7 Å². The summed E-state index contributed by atoms with van der Waals surface area (Å²) in [6.45, 7) is 0. The highest BCUT2D eigenvalue weighted by atomic mass is 35.5. The van der Waals surface area contributed by atoms with Crippen LogP contribution in [0.15, 0.2) is 12.1 Å². The molecular weight excluding hydrogens is 190 g/mol. The van der Waals surface area contributed by atoms with Gasteiger partial charge in [-0.25, -0.2) is 0 Å². The Labute approximate surface area is 81.1 Å². The average molecular weight is 198 g/mol. The van der Waals surface area contributed by atoms with Crippen LogP contribution in [-0.4, -0.2) is 12.2 Å². The second-order valence-corrected chi connectivity index (χ2v) is 2.86. The maximum Gasteiger partial charge on any atom is 0.141 e. The number of nitrogens with zero attached hydrogens (tertiary/aromatic N) is 1. The Bertz CT molecular complexity index is 357. The number of hydrogen-bond donors (Lipinski definition) is 1. The minimum atomic E-state index is 0.0304. The van der Waals surface area contributed by atoms with Crippen molar-refractivity contribution in [1.82, 2.24) is 0 Å². The molecule has 0 heterocycles. The van der Waals surface area contributed by atoms with Gasteiger partial charge < -0.3 is 9.84 Å². The monoisotopic (exact) mass is 197 g/mol. The lowest BCUT2D eigenvalue weighted by Gasteiger charge is -2.06. The third kappa shape index (κ3) is 2.04. The third-order valence-electron chi connectivity index (χ3n) is 1.62. The second kappa shape index (κ2) is 4.01. The van der Waals surface area contributed by atoms with Crippen molar-refractivity contribution >= 4 is 11.6 Å². The first-order valence-corrected chi connectivity index (χ1v) is 3.99. The van der Waals surface area contributed by atoms with Gasteiger partial charge in [-0.15, -0.1) is 0 Å². The summed E-state index contributed by atoms with van der Waals surface area (Å²) >= 11 is 5.79. The maximum absolute atomic E-state index is 9.39. The van der Waals surface area contributed by atoms with Gasteiger partial charge in [-0.1, -0.05) is 11.6 Å². The Morgan fingerprint density at radius 2 is 2.31 bits per heavy atom. The quantitative estimate of drug-likeness (QED) is 0.790. The first kappa shape index (κ1) is 9.69. The summed E-state index contributed by atoms with van der Waals surface area (Å²) in [5, 5.41) is 18.2. The molecule has 0 aliphatic carbocycles. The number of phenolic OH excluding ortho intramolecular Hbond substituents is 1. The number of halogens is 1. The normalized spacial score (nSPS) is 9.31. The molecule has 0 radical (unpaired) electrons. The lowest BCUT2D eigenvalue weighted by molar-refractivity contribution is 0.407. The van der Waals surface area contributed by atoms with Crippen LogP contribution in [0.4, 0.5) is 0 Å². The number of methoxy groups -OCH3 is 1. The van der Waals surface area contributed by atoms with Crippen molar-refractivity contribution < 1.29 is 9.84 Å². The van der Waals surface area contributed by atoms with E-state index in [-0.39, 0.29) is 12.2 Å². The van der Waals surface area contributed by atoms with E-state index in [0.717, 1.165) is 0 Å². The van der Waals surface area contributed by atoms with Gasteiger partial charge in [0.15, 0.2) is 0 Å². The summed E-state index contributed by atoms with van der Waals surface area (Å²) < 4.78 is 4.88. The summed E-state index contributed by atoms with van der Waals surface area (Å²) in [5.41, 5.74) is 0.508. The van der Waals surface area contributed by atoms with Crippen molar-refractivity contribution in [3.63, 3.8) is 0 Å². The fourth-order valence-corrected chi connectivity index (χ4v) is 1.23. The molecule has 3 nitrogen and oxygen atoms in total. The molecule has 0 fully saturated rings. The zero-order valence-corrected chi connectivity index (χ0v) is 7.80. The van der Waals surface area contributed by atoms with Gasteiger partial charge in [-0.2, -0.15) is 5.26 Å². The lowest BCUT2D eigenvalue weighted by atomic mass is 10.1. The smallest absolute Gasteiger partial charge is 0.141 e. The van der Waals surface area contributed by atoms with Crippen molar-refractivity contribution in [1.29, 1.82) is 5.26 Å². The molecule has 0 atom stereocenters. The molecule has 13 heavy (non-hydrogen) atoms. The molecule has 1 aromatic carbocycles. The number of hydrogen-bond acceptors (Lipinski definition) is 3. The number of aromatic hydroxyl groups is 1. The van der Waals surface area contributed by atoms with E-state index in [0.29, 0.717) is 16.3 Å². The number of phenols is 1. The predicted molar refractivity (Wildman–Crippen MR) is 49.0 cm³/mol. The van der Waals surface area contributed by atoms with E-state index in [4.69, 9.17) is 21.6 Å². The number of rotatable bonds is 2. The molecule has 1 aromatic rings. The van der Waals surface area contributed by atoms with Crippen LogP contribution in [0.2, 0.25) is 5.02 Å². The molecule has 4 heteroatoms. The summed E-state index contributed by atoms with van der Waals surface area (Å²) in [6.07, 6.45) is 0.134. The highest BCUT2D eigenvalue weighted by molar-refractivity contribution is 6.32. The van der Waals surface area contributed by atoms with Crippen LogP contribution >= 0.6 is 11.6 Å². The van der Waals surface area contributed by atoms with Crippen LogP contribution < -0.4 is 4.74 Å². The van der Waals surface area contributed by atoms with E-state index in [1.807, 2.05) is 6.07 Å². The van der Waals surface area contributed by atoms with Gasteiger partial charge in [-0.3, -0.25) is 0 Å². The summed E-state index contributed by atoms with van der Waals surface area (Å²) in [6, 6.07) is 4.85. The fraction of sp³-hybridized carbons (Fsp3) is 0.222. The molecule has 1 rings (SSSR count). The van der Waals surface area contributed by atoms with Crippen molar-refractivity contribution in [2.75, 3.05) is 7.11 Å². The first-order valence-electron chi connectivity index (χ1n) is 3.61. The lowest BCUT2D eigenvalue weighted by Crippen LogP contribution is -1.88. The molecule has 1 N–H and O–H groups in total. The zero-order chi connectivity index (χ0) is 9.84. The molecule has 0 aromatic heterocycles. The maximum atomic E-state index is 9.39. The van der Waals surface area contributed by atoms with Crippen LogP contribution in [0.3, 0.4) is 0 Å². The average Bonchev–Trinajstić information content (AvgIpc) is 2.11.